The first-order chi connectivity index (χ1) is 9.69. The maximum atomic E-state index is 11.2. The number of allylic oxidation sites excluding steroid dienone is 1. The third-order valence-corrected chi connectivity index (χ3v) is 2.99. The lowest BCUT2D eigenvalue weighted by Crippen LogP contribution is -2.24. The number of aromatic nitrogens is 4. The first-order valence-corrected chi connectivity index (χ1v) is 5.83. The minimum atomic E-state index is -1.06. The van der Waals surface area contributed by atoms with E-state index >= 15 is 0 Å². The molecule has 1 aromatic heterocycles. The lowest BCUT2D eigenvalue weighted by molar-refractivity contribution is -0.132. The van der Waals surface area contributed by atoms with Crippen LogP contribution in [0.25, 0.3) is 0 Å². The van der Waals surface area contributed by atoms with E-state index in [9.17, 15) is 4.79 Å². The van der Waals surface area contributed by atoms with Crippen molar-refractivity contribution in [3.05, 3.63) is 41.6 Å². The zero-order chi connectivity index (χ0) is 14.1. The number of methoxy groups -OCH3 is 1. The van der Waals surface area contributed by atoms with Gasteiger partial charge in [0.05, 0.1) is 7.11 Å². The average molecular weight is 273 g/mol. The van der Waals surface area contributed by atoms with Crippen molar-refractivity contribution in [2.75, 3.05) is 12.4 Å². The Hall–Kier alpha value is -2.90. The summed E-state index contributed by atoms with van der Waals surface area (Å²) in [5, 5.41) is 23.0. The standard InChI is InChI=1S/C12H11N5O3/c1-20-8-4-2-3-7(5-8)10-6-9(11(18)19)13-12-14-15-16-17(10)12/h2-6,10H,1H3,(H,18,19)(H,13,14,16)/t10-/m0/s1. The van der Waals surface area contributed by atoms with Crippen molar-refractivity contribution in [1.82, 2.24) is 20.2 Å². The highest BCUT2D eigenvalue weighted by Gasteiger charge is 2.26. The van der Waals surface area contributed by atoms with Gasteiger partial charge in [0.2, 0.25) is 5.95 Å². The number of tetrazole rings is 1. The second kappa shape index (κ2) is 4.65. The second-order valence-corrected chi connectivity index (χ2v) is 4.18. The Kier molecular flexibility index (Phi) is 2.82. The molecule has 2 aromatic rings. The summed E-state index contributed by atoms with van der Waals surface area (Å²) in [6.07, 6.45) is 1.56. The fraction of sp³-hybridized carbons (Fsp3) is 0.167. The number of carboxylic acids is 1. The molecule has 2 N–H and O–H groups in total. The molecule has 0 bridgehead atoms. The Morgan fingerprint density at radius 3 is 3.10 bits per heavy atom. The Balaban J connectivity index is 2.09. The molecule has 1 aliphatic heterocycles. The first-order valence-electron chi connectivity index (χ1n) is 5.83. The summed E-state index contributed by atoms with van der Waals surface area (Å²) in [5.41, 5.74) is 0.873. The number of nitrogens with zero attached hydrogens (tertiary/aromatic N) is 4. The molecule has 8 nitrogen and oxygen atoms in total. The minimum absolute atomic E-state index is 0.0418. The summed E-state index contributed by atoms with van der Waals surface area (Å²) in [6, 6.07) is 6.92. The molecule has 1 aromatic carbocycles. The van der Waals surface area contributed by atoms with Crippen molar-refractivity contribution in [3.63, 3.8) is 0 Å². The van der Waals surface area contributed by atoms with E-state index in [1.165, 1.54) is 4.68 Å². The van der Waals surface area contributed by atoms with Gasteiger partial charge in [-0.05, 0) is 34.2 Å². The smallest absolute Gasteiger partial charge is 0.352 e. The maximum Gasteiger partial charge on any atom is 0.352 e. The Bertz CT molecular complexity index is 694. The predicted molar refractivity (Wildman–Crippen MR) is 68.3 cm³/mol. The summed E-state index contributed by atoms with van der Waals surface area (Å²) < 4.78 is 6.69. The van der Waals surface area contributed by atoms with E-state index in [1.54, 1.807) is 13.2 Å². The van der Waals surface area contributed by atoms with Crippen LogP contribution < -0.4 is 10.1 Å². The van der Waals surface area contributed by atoms with Crippen LogP contribution in [0, 0.1) is 0 Å². The highest BCUT2D eigenvalue weighted by atomic mass is 16.5. The molecule has 0 amide bonds. The number of hydrogen-bond donors (Lipinski definition) is 2. The van der Waals surface area contributed by atoms with Crippen molar-refractivity contribution >= 4 is 11.9 Å². The van der Waals surface area contributed by atoms with Gasteiger partial charge in [-0.2, -0.15) is 4.68 Å². The number of fused-ring (bicyclic) bond motifs is 1. The van der Waals surface area contributed by atoms with Crippen LogP contribution >= 0.6 is 0 Å². The van der Waals surface area contributed by atoms with Crippen LogP contribution in [0.2, 0.25) is 0 Å². The topological polar surface area (TPSA) is 102 Å². The van der Waals surface area contributed by atoms with Crippen LogP contribution in [0.4, 0.5) is 5.95 Å². The molecule has 1 atom stereocenters. The van der Waals surface area contributed by atoms with Gasteiger partial charge in [-0.1, -0.05) is 17.2 Å². The number of aliphatic carboxylic acids is 1. The van der Waals surface area contributed by atoms with E-state index in [4.69, 9.17) is 9.84 Å². The van der Waals surface area contributed by atoms with E-state index < -0.39 is 12.0 Å². The molecule has 0 saturated heterocycles. The zero-order valence-corrected chi connectivity index (χ0v) is 10.5. The third kappa shape index (κ3) is 1.96. The van der Waals surface area contributed by atoms with Crippen LogP contribution in [-0.4, -0.2) is 38.4 Å². The Morgan fingerprint density at radius 1 is 1.50 bits per heavy atom. The zero-order valence-electron chi connectivity index (χ0n) is 10.5. The molecular weight excluding hydrogens is 262 g/mol. The average Bonchev–Trinajstić information content (AvgIpc) is 2.94. The van der Waals surface area contributed by atoms with Crippen molar-refractivity contribution in [2.24, 2.45) is 0 Å². The molecule has 20 heavy (non-hydrogen) atoms. The number of nitrogens with one attached hydrogen (secondary N) is 1. The van der Waals surface area contributed by atoms with E-state index in [1.807, 2.05) is 24.3 Å². The fourth-order valence-electron chi connectivity index (χ4n) is 2.04. The number of rotatable bonds is 3. The van der Waals surface area contributed by atoms with Gasteiger partial charge < -0.3 is 15.2 Å². The minimum Gasteiger partial charge on any atom is -0.497 e. The summed E-state index contributed by atoms with van der Waals surface area (Å²) in [4.78, 5) is 11.2. The van der Waals surface area contributed by atoms with Crippen LogP contribution in [0.15, 0.2) is 36.0 Å². The Morgan fingerprint density at radius 2 is 2.35 bits per heavy atom. The van der Waals surface area contributed by atoms with Gasteiger partial charge in [-0.15, -0.1) is 0 Å². The summed E-state index contributed by atoms with van der Waals surface area (Å²) in [5.74, 6) is -0.0919. The quantitative estimate of drug-likeness (QED) is 0.847. The van der Waals surface area contributed by atoms with E-state index in [0.29, 0.717) is 5.75 Å². The van der Waals surface area contributed by atoms with E-state index in [2.05, 4.69) is 20.8 Å². The highest BCUT2D eigenvalue weighted by Crippen LogP contribution is 2.29. The van der Waals surface area contributed by atoms with Crippen molar-refractivity contribution in [1.29, 1.82) is 0 Å². The number of hydrogen-bond acceptors (Lipinski definition) is 6. The second-order valence-electron chi connectivity index (χ2n) is 4.18. The van der Waals surface area contributed by atoms with Crippen LogP contribution in [-0.2, 0) is 4.79 Å². The normalized spacial score (nSPS) is 16.9. The first kappa shape index (κ1) is 12.2. The largest absolute Gasteiger partial charge is 0.497 e. The number of carbonyl (C=O) groups is 1. The summed E-state index contributed by atoms with van der Waals surface area (Å²) in [6.45, 7) is 0. The van der Waals surface area contributed by atoms with E-state index in [-0.39, 0.29) is 11.6 Å². The SMILES string of the molecule is COc1cccc([C@@H]2C=C(C(=O)O)Nc3nnnn32)c1. The molecule has 0 spiro atoms. The molecule has 0 saturated carbocycles. The van der Waals surface area contributed by atoms with E-state index in [0.717, 1.165) is 5.56 Å². The lowest BCUT2D eigenvalue weighted by Gasteiger charge is -2.21. The molecule has 1 aliphatic rings. The van der Waals surface area contributed by atoms with Gasteiger partial charge in [0, 0.05) is 0 Å². The van der Waals surface area contributed by atoms with Crippen molar-refractivity contribution in [3.8, 4) is 5.75 Å². The van der Waals surface area contributed by atoms with Gasteiger partial charge in [0.25, 0.3) is 0 Å². The van der Waals surface area contributed by atoms with Gasteiger partial charge in [0.15, 0.2) is 0 Å². The molecule has 8 heteroatoms. The monoisotopic (exact) mass is 273 g/mol. The molecule has 0 aliphatic carbocycles. The summed E-state index contributed by atoms with van der Waals surface area (Å²) >= 11 is 0. The fourth-order valence-corrected chi connectivity index (χ4v) is 2.04. The summed E-state index contributed by atoms with van der Waals surface area (Å²) in [7, 11) is 1.57. The predicted octanol–water partition coefficient (Wildman–Crippen LogP) is 0.665. The molecule has 0 unspecified atom stereocenters. The van der Waals surface area contributed by atoms with Crippen molar-refractivity contribution in [2.45, 2.75) is 6.04 Å². The van der Waals surface area contributed by atoms with Gasteiger partial charge >= 0.3 is 5.97 Å². The van der Waals surface area contributed by atoms with Gasteiger partial charge in [-0.3, -0.25) is 0 Å². The third-order valence-electron chi connectivity index (χ3n) is 2.99. The number of anilines is 1. The van der Waals surface area contributed by atoms with Gasteiger partial charge in [0.1, 0.15) is 17.5 Å². The number of benzene rings is 1. The van der Waals surface area contributed by atoms with Crippen LogP contribution in [0.3, 0.4) is 0 Å². The Labute approximate surface area is 113 Å². The maximum absolute atomic E-state index is 11.2. The lowest BCUT2D eigenvalue weighted by atomic mass is 10.0. The van der Waals surface area contributed by atoms with Gasteiger partial charge in [-0.25, -0.2) is 4.79 Å². The van der Waals surface area contributed by atoms with Crippen LogP contribution in [0.5, 0.6) is 5.75 Å². The molecule has 0 fully saturated rings. The molecule has 2 heterocycles. The molecule has 102 valence electrons. The number of ether oxygens (including phenoxy) is 1. The molecular formula is C12H11N5O3. The molecule has 0 radical (unpaired) electrons. The number of carboxylic acid groups (broad SMARTS) is 1. The molecule has 3 rings (SSSR count). The highest BCUT2D eigenvalue weighted by molar-refractivity contribution is 5.90. The van der Waals surface area contributed by atoms with Crippen molar-refractivity contribution < 1.29 is 14.6 Å². The van der Waals surface area contributed by atoms with Crippen LogP contribution in [0.1, 0.15) is 11.6 Å².